The summed E-state index contributed by atoms with van der Waals surface area (Å²) in [7, 11) is 1.81. The Kier molecular flexibility index (Phi) is 4.72. The first-order chi connectivity index (χ1) is 16.8. The third kappa shape index (κ3) is 3.39. The van der Waals surface area contributed by atoms with Crippen LogP contribution in [0.3, 0.4) is 0 Å². The molecule has 176 valence electrons. The van der Waals surface area contributed by atoms with Crippen LogP contribution >= 0.6 is 11.6 Å². The van der Waals surface area contributed by atoms with Crippen molar-refractivity contribution in [3.05, 3.63) is 71.8 Å². The minimum absolute atomic E-state index is 0.124. The zero-order chi connectivity index (χ0) is 24.4. The van der Waals surface area contributed by atoms with E-state index in [-0.39, 0.29) is 23.7 Å². The lowest BCUT2D eigenvalue weighted by atomic mass is 9.94. The molecule has 0 aliphatic heterocycles. The third-order valence-electron chi connectivity index (χ3n) is 6.51. The monoisotopic (exact) mass is 495 g/mol. The molecule has 5 aromatic rings. The highest BCUT2D eigenvalue weighted by atomic mass is 35.5. The highest BCUT2D eigenvalue weighted by Crippen LogP contribution is 2.58. The van der Waals surface area contributed by atoms with Crippen LogP contribution in [0.15, 0.2) is 60.9 Å². The number of nitrogens with zero attached hydrogens (tertiary/aromatic N) is 7. The van der Waals surface area contributed by atoms with Crippen LogP contribution in [0.1, 0.15) is 18.4 Å². The molecule has 35 heavy (non-hydrogen) atoms. The normalized spacial score (nSPS) is 15.0. The lowest BCUT2D eigenvalue weighted by molar-refractivity contribution is -0.160. The largest absolute Gasteiger partial charge is 0.398 e. The van der Waals surface area contributed by atoms with Gasteiger partial charge in [-0.1, -0.05) is 36.4 Å². The van der Waals surface area contributed by atoms with Crippen LogP contribution in [0.2, 0.25) is 5.28 Å². The van der Waals surface area contributed by atoms with Crippen molar-refractivity contribution in [3.63, 3.8) is 0 Å². The Morgan fingerprint density at radius 2 is 1.71 bits per heavy atom. The van der Waals surface area contributed by atoms with Crippen molar-refractivity contribution < 1.29 is 13.2 Å². The van der Waals surface area contributed by atoms with E-state index in [0.29, 0.717) is 28.7 Å². The Labute approximate surface area is 202 Å². The maximum atomic E-state index is 13.5. The van der Waals surface area contributed by atoms with E-state index in [2.05, 4.69) is 20.2 Å². The van der Waals surface area contributed by atoms with Gasteiger partial charge < -0.3 is 4.90 Å². The minimum atomic E-state index is -4.25. The molecule has 1 aliphatic carbocycles. The number of alkyl halides is 3. The Morgan fingerprint density at radius 3 is 2.43 bits per heavy atom. The van der Waals surface area contributed by atoms with Crippen LogP contribution in [0.5, 0.6) is 0 Å². The van der Waals surface area contributed by atoms with Gasteiger partial charge >= 0.3 is 6.18 Å². The smallest absolute Gasteiger partial charge is 0.312 e. The van der Waals surface area contributed by atoms with Crippen LogP contribution < -0.4 is 4.90 Å². The number of hydrogen-bond donors (Lipinski definition) is 0. The van der Waals surface area contributed by atoms with E-state index in [1.54, 1.807) is 40.9 Å². The molecule has 1 aliphatic rings. The lowest BCUT2D eigenvalue weighted by Crippen LogP contribution is -2.28. The van der Waals surface area contributed by atoms with Crippen LogP contribution in [0.4, 0.5) is 24.8 Å². The van der Waals surface area contributed by atoms with Crippen molar-refractivity contribution in [2.24, 2.45) is 0 Å². The van der Waals surface area contributed by atoms with E-state index in [0.717, 1.165) is 10.9 Å². The minimum Gasteiger partial charge on any atom is -0.312 e. The topological polar surface area (TPSA) is 72.1 Å². The average Bonchev–Trinajstić information content (AvgIpc) is 3.61. The van der Waals surface area contributed by atoms with Gasteiger partial charge in [-0.3, -0.25) is 4.98 Å². The van der Waals surface area contributed by atoms with Crippen LogP contribution in [0, 0.1) is 0 Å². The molecule has 7 nitrogen and oxygen atoms in total. The zero-order valence-corrected chi connectivity index (χ0v) is 19.1. The fraction of sp³-hybridized carbons (Fsp3) is 0.208. The van der Waals surface area contributed by atoms with Gasteiger partial charge in [0.25, 0.3) is 5.78 Å². The van der Waals surface area contributed by atoms with Gasteiger partial charge in [-0.15, -0.1) is 10.2 Å². The maximum absolute atomic E-state index is 13.5. The van der Waals surface area contributed by atoms with Gasteiger partial charge in [0.05, 0.1) is 29.0 Å². The van der Waals surface area contributed by atoms with Crippen molar-refractivity contribution in [2.75, 3.05) is 11.9 Å². The average molecular weight is 496 g/mol. The Morgan fingerprint density at radius 1 is 0.971 bits per heavy atom. The molecule has 0 radical (unpaired) electrons. The third-order valence-corrected chi connectivity index (χ3v) is 6.75. The van der Waals surface area contributed by atoms with Gasteiger partial charge in [-0.2, -0.15) is 18.2 Å². The Bertz CT molecular complexity index is 1580. The van der Waals surface area contributed by atoms with Gasteiger partial charge in [0.1, 0.15) is 5.82 Å². The highest BCUT2D eigenvalue weighted by Gasteiger charge is 2.64. The van der Waals surface area contributed by atoms with Crippen molar-refractivity contribution in [3.8, 4) is 11.3 Å². The predicted octanol–water partition coefficient (Wildman–Crippen LogP) is 5.75. The van der Waals surface area contributed by atoms with Crippen LogP contribution in [-0.2, 0) is 5.41 Å². The van der Waals surface area contributed by atoms with Gasteiger partial charge in [-0.25, -0.2) is 9.38 Å². The molecule has 2 aromatic carbocycles. The molecule has 0 saturated heterocycles. The second kappa shape index (κ2) is 7.61. The molecule has 11 heteroatoms. The lowest BCUT2D eigenvalue weighted by Gasteiger charge is -2.20. The number of para-hydroxylation sites is 1. The molecule has 3 heterocycles. The summed E-state index contributed by atoms with van der Waals surface area (Å²) in [6.07, 6.45) is -0.826. The first kappa shape index (κ1) is 21.7. The maximum Gasteiger partial charge on any atom is 0.398 e. The molecule has 1 saturated carbocycles. The zero-order valence-electron chi connectivity index (χ0n) is 18.3. The molecule has 0 spiro atoms. The number of benzene rings is 2. The first-order valence-electron chi connectivity index (χ1n) is 10.8. The molecule has 0 atom stereocenters. The van der Waals surface area contributed by atoms with Gasteiger partial charge in [0.2, 0.25) is 5.28 Å². The number of rotatable bonds is 4. The van der Waals surface area contributed by atoms with E-state index in [9.17, 15) is 13.2 Å². The van der Waals surface area contributed by atoms with Crippen molar-refractivity contribution in [1.29, 1.82) is 0 Å². The number of fused-ring (bicyclic) bond motifs is 3. The van der Waals surface area contributed by atoms with E-state index in [4.69, 9.17) is 16.6 Å². The van der Waals surface area contributed by atoms with E-state index in [1.165, 1.54) is 12.1 Å². The van der Waals surface area contributed by atoms with Crippen molar-refractivity contribution in [2.45, 2.75) is 24.4 Å². The van der Waals surface area contributed by atoms with E-state index < -0.39 is 11.6 Å². The second-order valence-electron chi connectivity index (χ2n) is 8.54. The Balaban J connectivity index is 1.38. The quantitative estimate of drug-likeness (QED) is 0.316. The van der Waals surface area contributed by atoms with Gasteiger partial charge in [-0.05, 0) is 42.1 Å². The second-order valence-corrected chi connectivity index (χ2v) is 8.87. The van der Waals surface area contributed by atoms with Crippen molar-refractivity contribution in [1.82, 2.24) is 29.5 Å². The fourth-order valence-electron chi connectivity index (χ4n) is 4.39. The van der Waals surface area contributed by atoms with E-state index in [1.807, 2.05) is 24.3 Å². The summed E-state index contributed by atoms with van der Waals surface area (Å²) in [6, 6.07) is 14.0. The Hall–Kier alpha value is -3.79. The molecule has 0 bridgehead atoms. The summed E-state index contributed by atoms with van der Waals surface area (Å²) in [4.78, 5) is 15.4. The molecular weight excluding hydrogens is 479 g/mol. The SMILES string of the molecule is CN(c1cncc(-c2ccc(C3(C(F)(F)F)CC3)cc2)n1)c1nc2nnc(Cl)n2c2ccccc12. The molecule has 0 unspecified atom stereocenters. The number of anilines is 2. The predicted molar refractivity (Wildman–Crippen MR) is 126 cm³/mol. The number of aromatic nitrogens is 6. The standard InChI is InChI=1S/C24H17ClF3N7/c1-34(20-16-4-2-3-5-18(16)35-21(25)32-33-22(35)31-20)19-13-29-12-17(30-19)14-6-8-15(9-7-14)23(10-11-23)24(26,27)28/h2-9,12-13H,10-11H2,1H3. The molecular formula is C24H17ClF3N7. The summed E-state index contributed by atoms with van der Waals surface area (Å²) < 4.78 is 42.1. The summed E-state index contributed by atoms with van der Waals surface area (Å²) >= 11 is 6.21. The van der Waals surface area contributed by atoms with Gasteiger partial charge in [0, 0.05) is 18.0 Å². The first-order valence-corrected chi connectivity index (χ1v) is 11.2. The summed E-state index contributed by atoms with van der Waals surface area (Å²) in [5.74, 6) is 1.43. The molecule has 0 amide bonds. The fourth-order valence-corrected chi connectivity index (χ4v) is 4.60. The number of halogens is 4. The molecule has 0 N–H and O–H groups in total. The molecule has 6 rings (SSSR count). The van der Waals surface area contributed by atoms with Crippen LogP contribution in [0.25, 0.3) is 27.9 Å². The van der Waals surface area contributed by atoms with Crippen molar-refractivity contribution >= 4 is 39.9 Å². The van der Waals surface area contributed by atoms with E-state index >= 15 is 0 Å². The molecule has 3 aromatic heterocycles. The number of hydrogen-bond acceptors (Lipinski definition) is 6. The summed E-state index contributed by atoms with van der Waals surface area (Å²) in [5.41, 5.74) is 0.564. The summed E-state index contributed by atoms with van der Waals surface area (Å²) in [6.45, 7) is 0. The van der Waals surface area contributed by atoms with Gasteiger partial charge in [0.15, 0.2) is 5.82 Å². The summed E-state index contributed by atoms with van der Waals surface area (Å²) in [5, 5.41) is 8.98. The van der Waals surface area contributed by atoms with Crippen LogP contribution in [-0.4, -0.2) is 42.8 Å². The highest BCUT2D eigenvalue weighted by molar-refractivity contribution is 6.29. The molecule has 1 fully saturated rings.